The van der Waals surface area contributed by atoms with Gasteiger partial charge in [-0.3, -0.25) is 4.79 Å². The second kappa shape index (κ2) is 10.7. The number of Topliss-reactive ketones (excluding diaryl/α,β-unsaturated/α-hetero) is 1. The molecule has 1 aliphatic rings. The molecule has 0 aliphatic heterocycles. The molecule has 4 rings (SSSR count). The lowest BCUT2D eigenvalue weighted by molar-refractivity contribution is -0.146. The van der Waals surface area contributed by atoms with Crippen molar-refractivity contribution in [2.24, 2.45) is 11.8 Å². The Labute approximate surface area is 191 Å². The summed E-state index contributed by atoms with van der Waals surface area (Å²) in [5, 5.41) is 11.4. The van der Waals surface area contributed by atoms with E-state index in [0.717, 1.165) is 36.0 Å². The van der Waals surface area contributed by atoms with Gasteiger partial charge < -0.3 is 9.84 Å². The highest BCUT2D eigenvalue weighted by Crippen LogP contribution is 2.45. The van der Waals surface area contributed by atoms with Crippen molar-refractivity contribution in [2.45, 2.75) is 50.9 Å². The van der Waals surface area contributed by atoms with Crippen molar-refractivity contribution in [3.63, 3.8) is 0 Å². The maximum absolute atomic E-state index is 13.2. The number of hydrogen-bond acceptors (Lipinski definition) is 3. The van der Waals surface area contributed by atoms with E-state index in [0.29, 0.717) is 6.42 Å². The molecule has 0 bridgehead atoms. The number of aliphatic hydroxyl groups is 1. The molecule has 166 valence electrons. The summed E-state index contributed by atoms with van der Waals surface area (Å²) in [5.41, 5.74) is 2.70. The van der Waals surface area contributed by atoms with Gasteiger partial charge in [0.1, 0.15) is 18.0 Å². The summed E-state index contributed by atoms with van der Waals surface area (Å²) in [6, 6.07) is 29.5. The van der Waals surface area contributed by atoms with Gasteiger partial charge in [-0.15, -0.1) is 0 Å². The first-order chi connectivity index (χ1) is 15.7. The average Bonchev–Trinajstić information content (AvgIpc) is 2.86. The fourth-order valence-electron chi connectivity index (χ4n) is 5.00. The fraction of sp³-hybridized carbons (Fsp3) is 0.345. The zero-order valence-electron chi connectivity index (χ0n) is 18.6. The summed E-state index contributed by atoms with van der Waals surface area (Å²) in [6.45, 7) is 2.16. The van der Waals surface area contributed by atoms with Crippen LogP contribution < -0.4 is 0 Å². The summed E-state index contributed by atoms with van der Waals surface area (Å²) < 4.78 is 6.81. The van der Waals surface area contributed by atoms with E-state index in [1.807, 2.05) is 91.0 Å². The summed E-state index contributed by atoms with van der Waals surface area (Å²) in [6.07, 6.45) is 1.70. The molecular formula is C29H32O3. The Kier molecular flexibility index (Phi) is 7.51. The van der Waals surface area contributed by atoms with Gasteiger partial charge in [0.2, 0.25) is 0 Å². The molecule has 0 spiro atoms. The lowest BCUT2D eigenvalue weighted by Gasteiger charge is -2.38. The van der Waals surface area contributed by atoms with Gasteiger partial charge in [-0.25, -0.2) is 0 Å². The van der Waals surface area contributed by atoms with Crippen LogP contribution in [0.5, 0.6) is 0 Å². The normalized spacial score (nSPS) is 21.6. The monoisotopic (exact) mass is 428 g/mol. The van der Waals surface area contributed by atoms with Crippen LogP contribution in [0.25, 0.3) is 0 Å². The SMILES string of the molecule is CC[C@@H]1CCCC(=O)[C@H]1[C@H](O[C@H](c1ccccc1)[C@H](O)c1ccccc1)c1ccccc1. The highest BCUT2D eigenvalue weighted by atomic mass is 16.5. The molecule has 32 heavy (non-hydrogen) atoms. The van der Waals surface area contributed by atoms with Gasteiger partial charge in [-0.2, -0.15) is 0 Å². The van der Waals surface area contributed by atoms with Crippen LogP contribution >= 0.6 is 0 Å². The molecule has 1 aliphatic carbocycles. The molecule has 0 amide bonds. The maximum Gasteiger partial charge on any atom is 0.139 e. The molecule has 1 fully saturated rings. The second-order valence-corrected chi connectivity index (χ2v) is 8.71. The van der Waals surface area contributed by atoms with Crippen molar-refractivity contribution < 1.29 is 14.6 Å². The smallest absolute Gasteiger partial charge is 0.139 e. The van der Waals surface area contributed by atoms with Crippen molar-refractivity contribution in [2.75, 3.05) is 0 Å². The predicted molar refractivity (Wildman–Crippen MR) is 127 cm³/mol. The number of ketones is 1. The first kappa shape index (κ1) is 22.4. The first-order valence-electron chi connectivity index (χ1n) is 11.7. The molecule has 0 heterocycles. The zero-order chi connectivity index (χ0) is 22.3. The van der Waals surface area contributed by atoms with E-state index in [1.54, 1.807) is 0 Å². The Bertz CT molecular complexity index is 971. The molecule has 0 unspecified atom stereocenters. The van der Waals surface area contributed by atoms with Crippen LogP contribution in [0.2, 0.25) is 0 Å². The van der Waals surface area contributed by atoms with Gasteiger partial charge >= 0.3 is 0 Å². The summed E-state index contributed by atoms with van der Waals surface area (Å²) in [5.74, 6) is 0.357. The Morgan fingerprint density at radius 2 is 1.38 bits per heavy atom. The number of rotatable bonds is 8. The number of benzene rings is 3. The quantitative estimate of drug-likeness (QED) is 0.439. The molecule has 3 aromatic carbocycles. The number of ether oxygens (including phenoxy) is 1. The van der Waals surface area contributed by atoms with E-state index < -0.39 is 18.3 Å². The van der Waals surface area contributed by atoms with Gasteiger partial charge in [0.25, 0.3) is 0 Å². The number of carbonyl (C=O) groups is 1. The minimum Gasteiger partial charge on any atom is -0.385 e. The highest BCUT2D eigenvalue weighted by Gasteiger charge is 2.40. The fourth-order valence-corrected chi connectivity index (χ4v) is 5.00. The van der Waals surface area contributed by atoms with Crippen LogP contribution in [0.4, 0.5) is 0 Å². The molecule has 3 heteroatoms. The van der Waals surface area contributed by atoms with Crippen LogP contribution in [0, 0.1) is 11.8 Å². The lowest BCUT2D eigenvalue weighted by atomic mass is 9.72. The number of aliphatic hydroxyl groups excluding tert-OH is 1. The van der Waals surface area contributed by atoms with Crippen LogP contribution in [0.15, 0.2) is 91.0 Å². The topological polar surface area (TPSA) is 46.5 Å². The van der Waals surface area contributed by atoms with Crippen molar-refractivity contribution in [3.05, 3.63) is 108 Å². The number of carbonyl (C=O) groups excluding carboxylic acids is 1. The highest BCUT2D eigenvalue weighted by molar-refractivity contribution is 5.82. The van der Waals surface area contributed by atoms with E-state index in [2.05, 4.69) is 6.92 Å². The van der Waals surface area contributed by atoms with E-state index in [-0.39, 0.29) is 17.6 Å². The molecule has 0 saturated heterocycles. The van der Waals surface area contributed by atoms with Crippen LogP contribution in [-0.4, -0.2) is 10.9 Å². The summed E-state index contributed by atoms with van der Waals surface area (Å²) >= 11 is 0. The van der Waals surface area contributed by atoms with E-state index in [9.17, 15) is 9.90 Å². The second-order valence-electron chi connectivity index (χ2n) is 8.71. The van der Waals surface area contributed by atoms with Crippen molar-refractivity contribution >= 4 is 5.78 Å². The largest absolute Gasteiger partial charge is 0.385 e. The first-order valence-corrected chi connectivity index (χ1v) is 11.7. The molecule has 5 atom stereocenters. The van der Waals surface area contributed by atoms with Crippen LogP contribution in [0.3, 0.4) is 0 Å². The Morgan fingerprint density at radius 3 is 1.94 bits per heavy atom. The third-order valence-electron chi connectivity index (χ3n) is 6.71. The Morgan fingerprint density at radius 1 is 0.844 bits per heavy atom. The maximum atomic E-state index is 13.2. The predicted octanol–water partition coefficient (Wildman–Crippen LogP) is 6.61. The van der Waals surface area contributed by atoms with Crippen LogP contribution in [0.1, 0.15) is 67.6 Å². The molecule has 0 aromatic heterocycles. The minimum atomic E-state index is -0.844. The van der Waals surface area contributed by atoms with Crippen molar-refractivity contribution in [1.29, 1.82) is 0 Å². The van der Waals surface area contributed by atoms with Crippen molar-refractivity contribution in [1.82, 2.24) is 0 Å². The van der Waals surface area contributed by atoms with Crippen LogP contribution in [-0.2, 0) is 9.53 Å². The Hall–Kier alpha value is -2.75. The van der Waals surface area contributed by atoms with Gasteiger partial charge in [0.05, 0.1) is 12.0 Å². The summed E-state index contributed by atoms with van der Waals surface area (Å²) in [4.78, 5) is 13.2. The number of hydrogen-bond donors (Lipinski definition) is 1. The third-order valence-corrected chi connectivity index (χ3v) is 6.71. The van der Waals surface area contributed by atoms with Gasteiger partial charge in [0.15, 0.2) is 0 Å². The lowest BCUT2D eigenvalue weighted by Crippen LogP contribution is -2.35. The summed E-state index contributed by atoms with van der Waals surface area (Å²) in [7, 11) is 0. The van der Waals surface area contributed by atoms with E-state index in [4.69, 9.17) is 4.74 Å². The van der Waals surface area contributed by atoms with Gasteiger partial charge in [-0.05, 0) is 35.4 Å². The van der Waals surface area contributed by atoms with E-state index >= 15 is 0 Å². The van der Waals surface area contributed by atoms with E-state index in [1.165, 1.54) is 0 Å². The van der Waals surface area contributed by atoms with Gasteiger partial charge in [0, 0.05) is 6.42 Å². The minimum absolute atomic E-state index is 0.203. The standard InChI is InChI=1S/C29H32O3/c1-2-21-19-12-20-25(30)26(21)28(23-15-8-4-9-16-23)32-29(24-17-10-5-11-18-24)27(31)22-13-6-3-7-14-22/h3-11,13-18,21,26-29,31H,2,12,19-20H2,1H3/t21-,26+,27-,28-,29-/m1/s1. The molecule has 0 radical (unpaired) electrons. The molecule has 1 saturated carbocycles. The molecule has 3 aromatic rings. The zero-order valence-corrected chi connectivity index (χ0v) is 18.6. The van der Waals surface area contributed by atoms with Gasteiger partial charge in [-0.1, -0.05) is 104 Å². The molecule has 1 N–H and O–H groups in total. The third kappa shape index (κ3) is 5.01. The Balaban J connectivity index is 1.75. The molecule has 3 nitrogen and oxygen atoms in total. The molecular weight excluding hydrogens is 396 g/mol. The average molecular weight is 429 g/mol. The van der Waals surface area contributed by atoms with Crippen molar-refractivity contribution in [3.8, 4) is 0 Å².